The summed E-state index contributed by atoms with van der Waals surface area (Å²) in [7, 11) is 0. The zero-order valence-corrected chi connectivity index (χ0v) is 10.2. The molecule has 0 atom stereocenters. The van der Waals surface area contributed by atoms with Crippen molar-refractivity contribution >= 4 is 5.91 Å². The smallest absolute Gasteiger partial charge is 0.222 e. The van der Waals surface area contributed by atoms with Crippen molar-refractivity contribution in [1.29, 1.82) is 0 Å². The zero-order chi connectivity index (χ0) is 12.1. The molecule has 1 saturated heterocycles. The molecule has 1 aliphatic heterocycles. The number of hydrogen-bond donors (Lipinski definition) is 1. The molecule has 3 nitrogen and oxygen atoms in total. The van der Waals surface area contributed by atoms with Crippen molar-refractivity contribution in [3.8, 4) is 0 Å². The van der Waals surface area contributed by atoms with Gasteiger partial charge in [-0.3, -0.25) is 4.79 Å². The number of amides is 1. The van der Waals surface area contributed by atoms with Gasteiger partial charge in [-0.1, -0.05) is 24.3 Å². The Hall–Kier alpha value is -1.35. The fourth-order valence-electron chi connectivity index (χ4n) is 2.21. The third-order valence-electron chi connectivity index (χ3n) is 3.24. The Balaban J connectivity index is 1.91. The molecule has 0 bridgehead atoms. The van der Waals surface area contributed by atoms with Crippen LogP contribution in [0.5, 0.6) is 0 Å². The van der Waals surface area contributed by atoms with Crippen LogP contribution in [0, 0.1) is 0 Å². The molecular formula is C14H20N2O. The summed E-state index contributed by atoms with van der Waals surface area (Å²) in [5, 5.41) is 0. The number of likely N-dealkylation sites (tertiary alicyclic amines) is 1. The van der Waals surface area contributed by atoms with Crippen LogP contribution in [0.25, 0.3) is 0 Å². The van der Waals surface area contributed by atoms with Crippen molar-refractivity contribution in [3.63, 3.8) is 0 Å². The lowest BCUT2D eigenvalue weighted by atomic mass is 10.1. The molecule has 0 radical (unpaired) electrons. The molecule has 1 heterocycles. The molecule has 1 amide bonds. The monoisotopic (exact) mass is 232 g/mol. The first-order valence-corrected chi connectivity index (χ1v) is 6.35. The summed E-state index contributed by atoms with van der Waals surface area (Å²) < 4.78 is 0. The van der Waals surface area contributed by atoms with E-state index in [2.05, 4.69) is 24.3 Å². The van der Waals surface area contributed by atoms with Gasteiger partial charge in [0.05, 0.1) is 0 Å². The molecular weight excluding hydrogens is 212 g/mol. The van der Waals surface area contributed by atoms with E-state index in [1.165, 1.54) is 11.1 Å². The number of carbonyl (C=O) groups excluding carboxylic acids is 1. The minimum Gasteiger partial charge on any atom is -0.338 e. The number of benzene rings is 1. The molecule has 1 aliphatic rings. The van der Waals surface area contributed by atoms with Gasteiger partial charge in [-0.25, -0.2) is 0 Å². The molecule has 3 heteroatoms. The third kappa shape index (κ3) is 3.30. The van der Waals surface area contributed by atoms with Crippen molar-refractivity contribution in [2.45, 2.75) is 32.2 Å². The van der Waals surface area contributed by atoms with Crippen LogP contribution in [-0.4, -0.2) is 23.9 Å². The molecule has 0 unspecified atom stereocenters. The standard InChI is InChI=1S/C14H20N2O/c15-9-1-3-12-5-7-13(8-6-12)11-16-10-2-4-14(16)17/h5-8H,1-4,9-11,15H2. The van der Waals surface area contributed by atoms with Crippen molar-refractivity contribution in [2.75, 3.05) is 13.1 Å². The Morgan fingerprint density at radius 3 is 2.47 bits per heavy atom. The van der Waals surface area contributed by atoms with E-state index >= 15 is 0 Å². The highest BCUT2D eigenvalue weighted by Crippen LogP contribution is 2.15. The largest absolute Gasteiger partial charge is 0.338 e. The van der Waals surface area contributed by atoms with Gasteiger partial charge in [0.2, 0.25) is 5.91 Å². The summed E-state index contributed by atoms with van der Waals surface area (Å²) in [4.78, 5) is 13.4. The number of nitrogens with zero attached hydrogens (tertiary/aromatic N) is 1. The topological polar surface area (TPSA) is 46.3 Å². The second-order valence-corrected chi connectivity index (χ2v) is 4.63. The fourth-order valence-corrected chi connectivity index (χ4v) is 2.21. The summed E-state index contributed by atoms with van der Waals surface area (Å²) in [6.07, 6.45) is 3.80. The van der Waals surface area contributed by atoms with Crippen LogP contribution < -0.4 is 5.73 Å². The molecule has 1 fully saturated rings. The lowest BCUT2D eigenvalue weighted by molar-refractivity contribution is -0.128. The molecule has 2 rings (SSSR count). The van der Waals surface area contributed by atoms with Crippen LogP contribution in [-0.2, 0) is 17.8 Å². The maximum atomic E-state index is 11.5. The van der Waals surface area contributed by atoms with Gasteiger partial charge in [0.1, 0.15) is 0 Å². The summed E-state index contributed by atoms with van der Waals surface area (Å²) in [6.45, 7) is 2.41. The minimum absolute atomic E-state index is 0.289. The van der Waals surface area contributed by atoms with Crippen molar-refractivity contribution in [3.05, 3.63) is 35.4 Å². The molecule has 0 saturated carbocycles. The van der Waals surface area contributed by atoms with Crippen LogP contribution in [0.4, 0.5) is 0 Å². The van der Waals surface area contributed by atoms with Crippen molar-refractivity contribution in [2.24, 2.45) is 5.73 Å². The van der Waals surface area contributed by atoms with Gasteiger partial charge in [0.25, 0.3) is 0 Å². The highest BCUT2D eigenvalue weighted by molar-refractivity contribution is 5.78. The van der Waals surface area contributed by atoms with Gasteiger partial charge in [-0.15, -0.1) is 0 Å². The van der Waals surface area contributed by atoms with E-state index in [9.17, 15) is 4.79 Å². The molecule has 0 aromatic heterocycles. The Morgan fingerprint density at radius 2 is 1.88 bits per heavy atom. The Morgan fingerprint density at radius 1 is 1.18 bits per heavy atom. The Bertz CT molecular complexity index is 372. The number of rotatable bonds is 5. The highest BCUT2D eigenvalue weighted by atomic mass is 16.2. The van der Waals surface area contributed by atoms with E-state index in [0.29, 0.717) is 6.42 Å². The van der Waals surface area contributed by atoms with Crippen molar-refractivity contribution < 1.29 is 4.79 Å². The number of hydrogen-bond acceptors (Lipinski definition) is 2. The third-order valence-corrected chi connectivity index (χ3v) is 3.24. The van der Waals surface area contributed by atoms with Crippen LogP contribution in [0.3, 0.4) is 0 Å². The van der Waals surface area contributed by atoms with E-state index in [1.54, 1.807) is 0 Å². The van der Waals surface area contributed by atoms with E-state index in [0.717, 1.165) is 38.9 Å². The lowest BCUT2D eigenvalue weighted by Crippen LogP contribution is -2.23. The predicted octanol–water partition coefficient (Wildman–Crippen LogP) is 1.70. The first kappa shape index (κ1) is 12.1. The highest BCUT2D eigenvalue weighted by Gasteiger charge is 2.19. The second kappa shape index (κ2) is 5.82. The van der Waals surface area contributed by atoms with E-state index in [4.69, 9.17) is 5.73 Å². The fraction of sp³-hybridized carbons (Fsp3) is 0.500. The van der Waals surface area contributed by atoms with Crippen LogP contribution >= 0.6 is 0 Å². The van der Waals surface area contributed by atoms with Gasteiger partial charge in [0, 0.05) is 19.5 Å². The summed E-state index contributed by atoms with van der Waals surface area (Å²) >= 11 is 0. The maximum Gasteiger partial charge on any atom is 0.222 e. The number of nitrogens with two attached hydrogens (primary N) is 1. The molecule has 1 aromatic rings. The molecule has 1 aromatic carbocycles. The Labute approximate surface area is 103 Å². The van der Waals surface area contributed by atoms with E-state index in [-0.39, 0.29) is 5.91 Å². The van der Waals surface area contributed by atoms with E-state index in [1.807, 2.05) is 4.90 Å². The van der Waals surface area contributed by atoms with Crippen LogP contribution in [0.1, 0.15) is 30.4 Å². The van der Waals surface area contributed by atoms with Gasteiger partial charge in [-0.2, -0.15) is 0 Å². The predicted molar refractivity (Wildman–Crippen MR) is 68.5 cm³/mol. The van der Waals surface area contributed by atoms with Gasteiger partial charge in [0.15, 0.2) is 0 Å². The Kier molecular flexibility index (Phi) is 4.15. The zero-order valence-electron chi connectivity index (χ0n) is 10.2. The summed E-state index contributed by atoms with van der Waals surface area (Å²) in [5.41, 5.74) is 8.03. The van der Waals surface area contributed by atoms with Gasteiger partial charge in [-0.05, 0) is 36.9 Å². The average molecular weight is 232 g/mol. The maximum absolute atomic E-state index is 11.5. The quantitative estimate of drug-likeness (QED) is 0.840. The summed E-state index contributed by atoms with van der Waals surface area (Å²) in [6, 6.07) is 8.53. The molecule has 92 valence electrons. The van der Waals surface area contributed by atoms with Crippen LogP contribution in [0.2, 0.25) is 0 Å². The normalized spacial score (nSPS) is 15.6. The molecule has 0 spiro atoms. The van der Waals surface area contributed by atoms with Gasteiger partial charge >= 0.3 is 0 Å². The first-order valence-electron chi connectivity index (χ1n) is 6.35. The van der Waals surface area contributed by atoms with Gasteiger partial charge < -0.3 is 10.6 Å². The number of carbonyl (C=O) groups is 1. The first-order chi connectivity index (χ1) is 8.29. The number of aryl methyl sites for hydroxylation is 1. The van der Waals surface area contributed by atoms with Crippen LogP contribution in [0.15, 0.2) is 24.3 Å². The molecule has 2 N–H and O–H groups in total. The summed E-state index contributed by atoms with van der Waals surface area (Å²) in [5.74, 6) is 0.289. The van der Waals surface area contributed by atoms with Crippen molar-refractivity contribution in [1.82, 2.24) is 4.90 Å². The molecule has 17 heavy (non-hydrogen) atoms. The minimum atomic E-state index is 0.289. The SMILES string of the molecule is NCCCc1ccc(CN2CCCC2=O)cc1. The van der Waals surface area contributed by atoms with E-state index < -0.39 is 0 Å². The second-order valence-electron chi connectivity index (χ2n) is 4.63. The molecule has 0 aliphatic carbocycles. The lowest BCUT2D eigenvalue weighted by Gasteiger charge is -2.15. The average Bonchev–Trinajstić information content (AvgIpc) is 2.74.